The van der Waals surface area contributed by atoms with Gasteiger partial charge in [-0.3, -0.25) is 9.69 Å². The highest BCUT2D eigenvalue weighted by atomic mass is 32.1. The van der Waals surface area contributed by atoms with E-state index in [9.17, 15) is 4.79 Å². The Bertz CT molecular complexity index is 982. The number of amides is 1. The number of carbonyl (C=O) groups is 1. The van der Waals surface area contributed by atoms with Crippen LogP contribution in [0.25, 0.3) is 10.4 Å². The normalized spacial score (nSPS) is 14.4. The molecular formula is C25H29N3O2S. The number of ether oxygens (including phenoxy) is 1. The summed E-state index contributed by atoms with van der Waals surface area (Å²) in [6.07, 6.45) is 0.946. The molecule has 0 aliphatic carbocycles. The van der Waals surface area contributed by atoms with Crippen molar-refractivity contribution in [2.75, 3.05) is 51.3 Å². The summed E-state index contributed by atoms with van der Waals surface area (Å²) in [7, 11) is 1.72. The highest BCUT2D eigenvalue weighted by molar-refractivity contribution is 7.13. The van der Waals surface area contributed by atoms with Crippen LogP contribution >= 0.6 is 11.3 Å². The third-order valence-electron chi connectivity index (χ3n) is 5.69. The smallest absolute Gasteiger partial charge is 0.251 e. The lowest BCUT2D eigenvalue weighted by molar-refractivity contribution is 0.0952. The Kier molecular flexibility index (Phi) is 7.22. The van der Waals surface area contributed by atoms with Crippen LogP contribution in [0.4, 0.5) is 5.69 Å². The first kappa shape index (κ1) is 21.4. The van der Waals surface area contributed by atoms with Crippen molar-refractivity contribution in [1.29, 1.82) is 0 Å². The molecule has 1 aliphatic heterocycles. The quantitative estimate of drug-likeness (QED) is 0.534. The molecule has 0 spiro atoms. The van der Waals surface area contributed by atoms with E-state index in [2.05, 4.69) is 33.3 Å². The van der Waals surface area contributed by atoms with E-state index in [1.807, 2.05) is 47.8 Å². The van der Waals surface area contributed by atoms with E-state index in [1.165, 1.54) is 5.69 Å². The van der Waals surface area contributed by atoms with Gasteiger partial charge in [-0.25, -0.2) is 0 Å². The van der Waals surface area contributed by atoms with Crippen molar-refractivity contribution < 1.29 is 9.53 Å². The molecule has 5 nitrogen and oxygen atoms in total. The van der Waals surface area contributed by atoms with Gasteiger partial charge in [0.25, 0.3) is 5.91 Å². The van der Waals surface area contributed by atoms with Crippen molar-refractivity contribution >= 4 is 22.9 Å². The van der Waals surface area contributed by atoms with Gasteiger partial charge in [0.15, 0.2) is 0 Å². The van der Waals surface area contributed by atoms with Gasteiger partial charge >= 0.3 is 0 Å². The van der Waals surface area contributed by atoms with Gasteiger partial charge in [0, 0.05) is 48.7 Å². The monoisotopic (exact) mass is 435 g/mol. The SMILES string of the molecule is COc1ccccc1N1CCN(CCCNC(=O)c2ccccc2-c2cccs2)CC1. The Hall–Kier alpha value is -2.83. The second kappa shape index (κ2) is 10.5. The summed E-state index contributed by atoms with van der Waals surface area (Å²) >= 11 is 1.66. The number of benzene rings is 2. The van der Waals surface area contributed by atoms with Crippen molar-refractivity contribution in [2.24, 2.45) is 0 Å². The Labute approximate surface area is 188 Å². The summed E-state index contributed by atoms with van der Waals surface area (Å²) in [6, 6.07) is 20.1. The Morgan fingerprint density at radius 2 is 1.77 bits per heavy atom. The average molecular weight is 436 g/mol. The van der Waals surface area contributed by atoms with Gasteiger partial charge in [-0.15, -0.1) is 11.3 Å². The molecule has 1 amide bonds. The van der Waals surface area contributed by atoms with E-state index in [1.54, 1.807) is 18.4 Å². The van der Waals surface area contributed by atoms with Crippen LogP contribution in [-0.2, 0) is 0 Å². The van der Waals surface area contributed by atoms with E-state index in [4.69, 9.17) is 4.74 Å². The maximum atomic E-state index is 12.7. The van der Waals surface area contributed by atoms with Crippen LogP contribution < -0.4 is 15.0 Å². The van der Waals surface area contributed by atoms with E-state index in [0.29, 0.717) is 6.54 Å². The molecule has 1 aliphatic rings. The number of methoxy groups -OCH3 is 1. The number of anilines is 1. The predicted octanol–water partition coefficient (Wildman–Crippen LogP) is 4.37. The van der Waals surface area contributed by atoms with Gasteiger partial charge in [0.05, 0.1) is 12.8 Å². The molecule has 1 fully saturated rings. The van der Waals surface area contributed by atoms with Gasteiger partial charge in [0.2, 0.25) is 0 Å². The molecule has 0 saturated carbocycles. The fraction of sp³-hybridized carbons (Fsp3) is 0.320. The minimum atomic E-state index is 0.00462. The van der Waals surface area contributed by atoms with Crippen molar-refractivity contribution in [3.63, 3.8) is 0 Å². The first-order valence-electron chi connectivity index (χ1n) is 10.8. The number of para-hydroxylation sites is 2. The zero-order valence-electron chi connectivity index (χ0n) is 17.9. The molecule has 4 rings (SSSR count). The summed E-state index contributed by atoms with van der Waals surface area (Å²) < 4.78 is 5.50. The number of piperazine rings is 1. The Morgan fingerprint density at radius 1 is 1.00 bits per heavy atom. The second-order valence-corrected chi connectivity index (χ2v) is 8.58. The maximum Gasteiger partial charge on any atom is 0.251 e. The third kappa shape index (κ3) is 5.27. The zero-order chi connectivity index (χ0) is 21.5. The summed E-state index contributed by atoms with van der Waals surface area (Å²) in [4.78, 5) is 18.7. The van der Waals surface area contributed by atoms with Crippen molar-refractivity contribution in [3.05, 3.63) is 71.6 Å². The third-order valence-corrected chi connectivity index (χ3v) is 6.60. The number of rotatable bonds is 8. The van der Waals surface area contributed by atoms with Crippen LogP contribution in [0.3, 0.4) is 0 Å². The molecule has 1 aromatic heterocycles. The standard InChI is InChI=1S/C25H29N3O2S/c1-30-23-11-5-4-10-22(23)28-17-15-27(16-18-28)14-7-13-26-25(29)21-9-3-2-8-20(21)24-12-6-19-31-24/h2-6,8-12,19H,7,13-18H2,1H3,(H,26,29). The lowest BCUT2D eigenvalue weighted by Crippen LogP contribution is -2.47. The fourth-order valence-corrected chi connectivity index (χ4v) is 4.80. The minimum absolute atomic E-state index is 0.00462. The molecule has 1 N–H and O–H groups in total. The largest absolute Gasteiger partial charge is 0.495 e. The lowest BCUT2D eigenvalue weighted by Gasteiger charge is -2.36. The van der Waals surface area contributed by atoms with Crippen LogP contribution in [0.5, 0.6) is 5.75 Å². The Balaban J connectivity index is 1.22. The number of carbonyl (C=O) groups excluding carboxylic acids is 1. The Morgan fingerprint density at radius 3 is 2.55 bits per heavy atom. The van der Waals surface area contributed by atoms with Crippen LogP contribution in [-0.4, -0.2) is 57.2 Å². The number of thiophene rings is 1. The zero-order valence-corrected chi connectivity index (χ0v) is 18.7. The fourth-order valence-electron chi connectivity index (χ4n) is 4.03. The van der Waals surface area contributed by atoms with Gasteiger partial charge < -0.3 is 15.0 Å². The molecule has 0 radical (unpaired) electrons. The molecule has 2 heterocycles. The molecular weight excluding hydrogens is 406 g/mol. The van der Waals surface area contributed by atoms with Gasteiger partial charge in [-0.2, -0.15) is 0 Å². The van der Waals surface area contributed by atoms with Crippen molar-refractivity contribution in [1.82, 2.24) is 10.2 Å². The molecule has 31 heavy (non-hydrogen) atoms. The second-order valence-electron chi connectivity index (χ2n) is 7.63. The number of hydrogen-bond acceptors (Lipinski definition) is 5. The van der Waals surface area contributed by atoms with Crippen LogP contribution in [0.15, 0.2) is 66.0 Å². The minimum Gasteiger partial charge on any atom is -0.495 e. The highest BCUT2D eigenvalue weighted by Gasteiger charge is 2.19. The van der Waals surface area contributed by atoms with Crippen LogP contribution in [0.1, 0.15) is 16.8 Å². The molecule has 3 aromatic rings. The van der Waals surface area contributed by atoms with Crippen molar-refractivity contribution in [3.8, 4) is 16.2 Å². The van der Waals surface area contributed by atoms with E-state index in [0.717, 1.165) is 60.9 Å². The first-order valence-corrected chi connectivity index (χ1v) is 11.7. The molecule has 1 saturated heterocycles. The first-order chi connectivity index (χ1) is 15.3. The predicted molar refractivity (Wildman–Crippen MR) is 128 cm³/mol. The van der Waals surface area contributed by atoms with Crippen LogP contribution in [0.2, 0.25) is 0 Å². The topological polar surface area (TPSA) is 44.8 Å². The summed E-state index contributed by atoms with van der Waals surface area (Å²) in [5.41, 5.74) is 2.92. The lowest BCUT2D eigenvalue weighted by atomic mass is 10.1. The van der Waals surface area contributed by atoms with E-state index < -0.39 is 0 Å². The van der Waals surface area contributed by atoms with Gasteiger partial charge in [-0.1, -0.05) is 36.4 Å². The summed E-state index contributed by atoms with van der Waals surface area (Å²) in [5, 5.41) is 5.14. The summed E-state index contributed by atoms with van der Waals surface area (Å²) in [6.45, 7) is 5.69. The summed E-state index contributed by atoms with van der Waals surface area (Å²) in [5.74, 6) is 0.937. The molecule has 0 bridgehead atoms. The van der Waals surface area contributed by atoms with Gasteiger partial charge in [0.1, 0.15) is 5.75 Å². The number of nitrogens with zero attached hydrogens (tertiary/aromatic N) is 2. The maximum absolute atomic E-state index is 12.7. The van der Waals surface area contributed by atoms with Crippen molar-refractivity contribution in [2.45, 2.75) is 6.42 Å². The van der Waals surface area contributed by atoms with E-state index >= 15 is 0 Å². The molecule has 162 valence electrons. The molecule has 2 aromatic carbocycles. The highest BCUT2D eigenvalue weighted by Crippen LogP contribution is 2.29. The van der Waals surface area contributed by atoms with Gasteiger partial charge in [-0.05, 0) is 42.6 Å². The molecule has 6 heteroatoms. The average Bonchev–Trinajstić information content (AvgIpc) is 3.37. The van der Waals surface area contributed by atoms with E-state index in [-0.39, 0.29) is 5.91 Å². The molecule has 0 atom stereocenters. The van der Waals surface area contributed by atoms with Crippen LogP contribution in [0, 0.1) is 0 Å². The number of hydrogen-bond donors (Lipinski definition) is 1. The number of nitrogens with one attached hydrogen (secondary N) is 1. The molecule has 0 unspecified atom stereocenters.